The number of imide groups is 1. The molecule has 0 spiro atoms. The first-order valence-corrected chi connectivity index (χ1v) is 18.6. The minimum atomic E-state index is -0.554. The Morgan fingerprint density at radius 1 is 0.830 bits per heavy atom. The molecule has 280 valence electrons. The lowest BCUT2D eigenvalue weighted by atomic mass is 9.85. The smallest absolute Gasteiger partial charge is 0.258 e. The minimum absolute atomic E-state index is 0.249. The van der Waals surface area contributed by atoms with Crippen LogP contribution in [0.5, 0.6) is 5.75 Å². The second-order valence-electron chi connectivity index (χ2n) is 14.8. The Morgan fingerprint density at radius 2 is 1.55 bits per heavy atom. The maximum atomic E-state index is 15.8. The fraction of sp³-hybridized carbons (Fsp3) is 0.439. The number of fused-ring (bicyclic) bond motifs is 1. The number of hydrogen-bond acceptors (Lipinski definition) is 7. The Morgan fingerprint density at radius 3 is 2.23 bits per heavy atom. The second kappa shape index (κ2) is 15.6. The number of methoxy groups -OCH3 is 1. The molecule has 2 amide bonds. The summed E-state index contributed by atoms with van der Waals surface area (Å²) >= 11 is 0. The molecular weight excluding hydrogens is 683 g/mol. The van der Waals surface area contributed by atoms with E-state index in [-0.39, 0.29) is 29.6 Å². The Bertz CT molecular complexity index is 2070. The molecule has 0 aliphatic carbocycles. The summed E-state index contributed by atoms with van der Waals surface area (Å²) in [6.45, 7) is 3.74. The van der Waals surface area contributed by atoms with Gasteiger partial charge in [-0.2, -0.15) is 0 Å². The van der Waals surface area contributed by atoms with Crippen molar-refractivity contribution < 1.29 is 27.5 Å². The van der Waals surface area contributed by atoms with Crippen molar-refractivity contribution in [1.82, 2.24) is 14.8 Å². The molecule has 1 unspecified atom stereocenters. The molecule has 12 heteroatoms. The summed E-state index contributed by atoms with van der Waals surface area (Å²) in [4.78, 5) is 40.5. The van der Waals surface area contributed by atoms with E-state index in [9.17, 15) is 18.8 Å². The molecule has 3 saturated heterocycles. The van der Waals surface area contributed by atoms with Crippen LogP contribution in [0.4, 0.5) is 24.5 Å². The number of halogens is 3. The molecule has 4 heterocycles. The molecule has 0 radical (unpaired) electrons. The third-order valence-electron chi connectivity index (χ3n) is 11.4. The van der Waals surface area contributed by atoms with Crippen molar-refractivity contribution in [3.8, 4) is 16.9 Å². The summed E-state index contributed by atoms with van der Waals surface area (Å²) in [5.74, 6) is -0.227. The van der Waals surface area contributed by atoms with Gasteiger partial charge in [-0.25, -0.2) is 13.2 Å². The van der Waals surface area contributed by atoms with Crippen LogP contribution in [0.2, 0.25) is 0 Å². The SMILES string of the molecule is COc1cc(-c2cn(C)c(=O)c3ccc(F)cc23)cc(F)c1CN1CCC(CCC2CCN(c3ccc(NC4CCC(=O)NC4=O)cc3F)CC2)CC1. The number of aromatic nitrogens is 1. The number of carbonyl (C=O) groups is 2. The number of nitrogens with one attached hydrogen (secondary N) is 2. The molecule has 53 heavy (non-hydrogen) atoms. The third-order valence-corrected chi connectivity index (χ3v) is 11.4. The van der Waals surface area contributed by atoms with Crippen molar-refractivity contribution in [2.75, 3.05) is 43.5 Å². The predicted molar refractivity (Wildman–Crippen MR) is 199 cm³/mol. The van der Waals surface area contributed by atoms with Gasteiger partial charge in [0.25, 0.3) is 5.56 Å². The van der Waals surface area contributed by atoms with E-state index in [1.54, 1.807) is 31.4 Å². The minimum Gasteiger partial charge on any atom is -0.496 e. The Balaban J connectivity index is 0.890. The van der Waals surface area contributed by atoms with E-state index in [1.807, 2.05) is 0 Å². The first-order valence-electron chi connectivity index (χ1n) is 18.6. The number of hydrogen-bond donors (Lipinski definition) is 2. The van der Waals surface area contributed by atoms with Gasteiger partial charge in [-0.15, -0.1) is 0 Å². The van der Waals surface area contributed by atoms with E-state index < -0.39 is 17.7 Å². The van der Waals surface area contributed by atoms with Gasteiger partial charge in [-0.1, -0.05) is 12.8 Å². The number of rotatable bonds is 10. The van der Waals surface area contributed by atoms with Crippen molar-refractivity contribution in [1.29, 1.82) is 0 Å². The maximum Gasteiger partial charge on any atom is 0.258 e. The molecule has 0 bridgehead atoms. The first-order chi connectivity index (χ1) is 25.6. The predicted octanol–water partition coefficient (Wildman–Crippen LogP) is 6.76. The highest BCUT2D eigenvalue weighted by Gasteiger charge is 2.28. The van der Waals surface area contributed by atoms with Gasteiger partial charge in [-0.05, 0) is 117 Å². The largest absolute Gasteiger partial charge is 0.496 e. The van der Waals surface area contributed by atoms with Crippen LogP contribution in [-0.2, 0) is 23.2 Å². The number of ether oxygens (including phenoxy) is 1. The second-order valence-corrected chi connectivity index (χ2v) is 14.8. The number of benzene rings is 3. The monoisotopic (exact) mass is 729 g/mol. The van der Waals surface area contributed by atoms with Gasteiger partial charge < -0.3 is 19.5 Å². The number of likely N-dealkylation sites (tertiary alicyclic amines) is 1. The third kappa shape index (κ3) is 8.07. The van der Waals surface area contributed by atoms with Crippen molar-refractivity contribution >= 4 is 34.0 Å². The van der Waals surface area contributed by atoms with Gasteiger partial charge in [0.1, 0.15) is 29.2 Å². The molecule has 4 aromatic rings. The van der Waals surface area contributed by atoms with Gasteiger partial charge in [0, 0.05) is 61.5 Å². The van der Waals surface area contributed by atoms with Gasteiger partial charge in [-0.3, -0.25) is 24.6 Å². The van der Waals surface area contributed by atoms with Crippen LogP contribution in [0, 0.1) is 29.3 Å². The maximum absolute atomic E-state index is 15.8. The van der Waals surface area contributed by atoms with E-state index in [0.29, 0.717) is 69.4 Å². The van der Waals surface area contributed by atoms with Crippen LogP contribution in [-0.4, -0.2) is 60.6 Å². The highest BCUT2D eigenvalue weighted by molar-refractivity contribution is 6.01. The fourth-order valence-electron chi connectivity index (χ4n) is 8.25. The summed E-state index contributed by atoms with van der Waals surface area (Å²) in [5, 5.41) is 6.16. The standard InChI is InChI=1S/C41H46F3N5O4/c1-47-23-32(31-21-28(42)5-7-30(31)41(47)52)27-19-34(43)33(38(20-27)53-2)24-48-15-11-25(12-16-48)3-4-26-13-17-49(18-14-26)37-9-6-29(22-35(37)44)45-36-8-10-39(50)46-40(36)51/h5-7,9,19-23,25-26,36,45H,3-4,8,10-18,24H2,1-2H3,(H,46,50,51). The van der Waals surface area contributed by atoms with E-state index in [4.69, 9.17) is 4.74 Å². The fourth-order valence-corrected chi connectivity index (χ4v) is 8.25. The molecule has 3 aliphatic heterocycles. The molecule has 3 aromatic carbocycles. The summed E-state index contributed by atoms with van der Waals surface area (Å²) < 4.78 is 52.2. The number of anilines is 2. The zero-order chi connectivity index (χ0) is 37.2. The van der Waals surface area contributed by atoms with Gasteiger partial charge >= 0.3 is 0 Å². The number of amides is 2. The molecule has 7 rings (SSSR count). The van der Waals surface area contributed by atoms with Crippen LogP contribution in [0.15, 0.2) is 59.5 Å². The van der Waals surface area contributed by atoms with Gasteiger partial charge in [0.2, 0.25) is 11.8 Å². The highest BCUT2D eigenvalue weighted by atomic mass is 19.1. The zero-order valence-corrected chi connectivity index (χ0v) is 30.2. The zero-order valence-electron chi connectivity index (χ0n) is 30.2. The molecular formula is C41H46F3N5O4. The molecule has 0 saturated carbocycles. The first kappa shape index (κ1) is 36.5. The molecule has 2 N–H and O–H groups in total. The summed E-state index contributed by atoms with van der Waals surface area (Å²) in [7, 11) is 3.15. The Labute approximate surface area is 307 Å². The van der Waals surface area contributed by atoms with Crippen LogP contribution >= 0.6 is 0 Å². The van der Waals surface area contributed by atoms with E-state index in [1.165, 1.54) is 42.0 Å². The Hall–Kier alpha value is -4.84. The number of piperidine rings is 3. The summed E-state index contributed by atoms with van der Waals surface area (Å²) in [6, 6.07) is 11.7. The number of aryl methyl sites for hydroxylation is 1. The van der Waals surface area contributed by atoms with Crippen LogP contribution < -0.4 is 25.8 Å². The van der Waals surface area contributed by atoms with Crippen molar-refractivity contribution in [3.63, 3.8) is 0 Å². The van der Waals surface area contributed by atoms with Crippen LogP contribution in [0.1, 0.15) is 56.9 Å². The number of nitrogens with zero attached hydrogens (tertiary/aromatic N) is 3. The average molecular weight is 730 g/mol. The van der Waals surface area contributed by atoms with Gasteiger partial charge in [0.05, 0.1) is 12.8 Å². The number of pyridine rings is 1. The van der Waals surface area contributed by atoms with E-state index in [0.717, 1.165) is 64.7 Å². The highest BCUT2D eigenvalue weighted by Crippen LogP contribution is 2.36. The van der Waals surface area contributed by atoms with Crippen molar-refractivity contribution in [3.05, 3.63) is 88.1 Å². The topological polar surface area (TPSA) is 95.9 Å². The van der Waals surface area contributed by atoms with E-state index in [2.05, 4.69) is 20.4 Å². The molecule has 1 atom stereocenters. The Kier molecular flexibility index (Phi) is 10.8. The molecule has 9 nitrogen and oxygen atoms in total. The quantitative estimate of drug-likeness (QED) is 0.174. The van der Waals surface area contributed by atoms with Crippen LogP contribution in [0.3, 0.4) is 0 Å². The summed E-state index contributed by atoms with van der Waals surface area (Å²) in [5.41, 5.74) is 2.40. The summed E-state index contributed by atoms with van der Waals surface area (Å²) in [6.07, 6.45) is 8.64. The van der Waals surface area contributed by atoms with Crippen molar-refractivity contribution in [2.24, 2.45) is 18.9 Å². The molecule has 3 aliphatic rings. The lowest BCUT2D eigenvalue weighted by molar-refractivity contribution is -0.133. The van der Waals surface area contributed by atoms with Crippen molar-refractivity contribution in [2.45, 2.75) is 64.0 Å². The lowest BCUT2D eigenvalue weighted by Gasteiger charge is -2.36. The molecule has 3 fully saturated rings. The van der Waals surface area contributed by atoms with Crippen LogP contribution in [0.25, 0.3) is 21.9 Å². The normalized spacial score (nSPS) is 19.1. The number of carbonyl (C=O) groups excluding carboxylic acids is 2. The lowest BCUT2D eigenvalue weighted by Crippen LogP contribution is -2.47. The van der Waals surface area contributed by atoms with E-state index >= 15 is 8.78 Å². The molecule has 1 aromatic heterocycles. The van der Waals surface area contributed by atoms with Gasteiger partial charge in [0.15, 0.2) is 0 Å². The average Bonchev–Trinajstić information content (AvgIpc) is 3.15.